The van der Waals surface area contributed by atoms with Crippen LogP contribution in [0, 0.1) is 0 Å². The van der Waals surface area contributed by atoms with Crippen molar-refractivity contribution in [3.05, 3.63) is 35.4 Å². The molecule has 0 spiro atoms. The Kier molecular flexibility index (Phi) is 4.68. The maximum Gasteiger partial charge on any atom is 0.314 e. The molecule has 0 saturated carbocycles. The third-order valence-electron chi connectivity index (χ3n) is 2.36. The van der Waals surface area contributed by atoms with E-state index in [9.17, 15) is 4.79 Å². The van der Waals surface area contributed by atoms with Gasteiger partial charge < -0.3 is 10.6 Å². The minimum Gasteiger partial charge on any atom is -0.341 e. The monoisotopic (exact) mass is 206 g/mol. The molecule has 0 aromatic heterocycles. The van der Waals surface area contributed by atoms with Crippen LogP contribution in [-0.2, 0) is 12.8 Å². The Morgan fingerprint density at radius 1 is 1.20 bits per heavy atom. The molecule has 0 aliphatic heterocycles. The van der Waals surface area contributed by atoms with E-state index >= 15 is 0 Å². The highest BCUT2D eigenvalue weighted by atomic mass is 16.2. The van der Waals surface area contributed by atoms with E-state index in [1.807, 2.05) is 0 Å². The highest BCUT2D eigenvalue weighted by Crippen LogP contribution is 2.05. The summed E-state index contributed by atoms with van der Waals surface area (Å²) in [7, 11) is 1.62. The lowest BCUT2D eigenvalue weighted by Gasteiger charge is -2.05. The first-order valence-electron chi connectivity index (χ1n) is 5.29. The smallest absolute Gasteiger partial charge is 0.314 e. The normalized spacial score (nSPS) is 9.73. The van der Waals surface area contributed by atoms with Gasteiger partial charge >= 0.3 is 6.03 Å². The first-order chi connectivity index (χ1) is 7.26. The third kappa shape index (κ3) is 4.02. The molecule has 0 saturated heterocycles. The molecule has 0 bridgehead atoms. The van der Waals surface area contributed by atoms with Gasteiger partial charge in [-0.25, -0.2) is 4.79 Å². The van der Waals surface area contributed by atoms with Crippen LogP contribution in [0.15, 0.2) is 24.3 Å². The predicted molar refractivity (Wildman–Crippen MR) is 62.0 cm³/mol. The molecule has 1 aromatic carbocycles. The molecule has 82 valence electrons. The Morgan fingerprint density at radius 3 is 2.33 bits per heavy atom. The fourth-order valence-electron chi connectivity index (χ4n) is 1.35. The van der Waals surface area contributed by atoms with Crippen molar-refractivity contribution in [2.45, 2.75) is 19.8 Å². The molecule has 0 atom stereocenters. The van der Waals surface area contributed by atoms with Crippen LogP contribution < -0.4 is 10.6 Å². The SMILES string of the molecule is CCc1ccc(CCNC(=O)NC)cc1. The van der Waals surface area contributed by atoms with E-state index in [2.05, 4.69) is 41.8 Å². The van der Waals surface area contributed by atoms with Gasteiger partial charge in [0.25, 0.3) is 0 Å². The van der Waals surface area contributed by atoms with E-state index in [0.29, 0.717) is 6.54 Å². The number of urea groups is 1. The molecule has 0 aliphatic carbocycles. The quantitative estimate of drug-likeness (QED) is 0.773. The number of rotatable bonds is 4. The van der Waals surface area contributed by atoms with Gasteiger partial charge in [0, 0.05) is 13.6 Å². The molecule has 2 N–H and O–H groups in total. The lowest BCUT2D eigenvalue weighted by atomic mass is 10.1. The molecule has 3 heteroatoms. The highest BCUT2D eigenvalue weighted by Gasteiger charge is 1.96. The summed E-state index contributed by atoms with van der Waals surface area (Å²) in [5, 5.41) is 5.28. The van der Waals surface area contributed by atoms with Crippen molar-refractivity contribution in [1.29, 1.82) is 0 Å². The number of nitrogens with one attached hydrogen (secondary N) is 2. The van der Waals surface area contributed by atoms with Crippen molar-refractivity contribution in [2.75, 3.05) is 13.6 Å². The number of aryl methyl sites for hydroxylation is 1. The first kappa shape index (κ1) is 11.6. The summed E-state index contributed by atoms with van der Waals surface area (Å²) in [6, 6.07) is 8.37. The third-order valence-corrected chi connectivity index (χ3v) is 2.36. The predicted octanol–water partition coefficient (Wildman–Crippen LogP) is 1.72. The fourth-order valence-corrected chi connectivity index (χ4v) is 1.35. The maximum absolute atomic E-state index is 10.9. The highest BCUT2D eigenvalue weighted by molar-refractivity contribution is 5.73. The molecular formula is C12H18N2O. The maximum atomic E-state index is 10.9. The van der Waals surface area contributed by atoms with E-state index in [0.717, 1.165) is 12.8 Å². The fraction of sp³-hybridized carbons (Fsp3) is 0.417. The minimum absolute atomic E-state index is 0.125. The zero-order valence-corrected chi connectivity index (χ0v) is 9.34. The molecule has 0 heterocycles. The van der Waals surface area contributed by atoms with Gasteiger partial charge in [0.05, 0.1) is 0 Å². The van der Waals surface area contributed by atoms with E-state index in [1.54, 1.807) is 7.05 Å². The number of benzene rings is 1. The van der Waals surface area contributed by atoms with Crippen LogP contribution in [-0.4, -0.2) is 19.6 Å². The first-order valence-corrected chi connectivity index (χ1v) is 5.29. The van der Waals surface area contributed by atoms with Gasteiger partial charge in [0.15, 0.2) is 0 Å². The van der Waals surface area contributed by atoms with Gasteiger partial charge in [-0.3, -0.25) is 0 Å². The summed E-state index contributed by atoms with van der Waals surface area (Å²) in [6.07, 6.45) is 1.94. The summed E-state index contributed by atoms with van der Waals surface area (Å²) in [5.74, 6) is 0. The second kappa shape index (κ2) is 6.06. The Hall–Kier alpha value is -1.51. The topological polar surface area (TPSA) is 41.1 Å². The van der Waals surface area contributed by atoms with Crippen LogP contribution in [0.1, 0.15) is 18.1 Å². The van der Waals surface area contributed by atoms with Crippen molar-refractivity contribution < 1.29 is 4.79 Å². The van der Waals surface area contributed by atoms with Crippen LogP contribution >= 0.6 is 0 Å². The Bertz CT molecular complexity index is 306. The summed E-state index contributed by atoms with van der Waals surface area (Å²) >= 11 is 0. The molecule has 1 aromatic rings. The number of carbonyl (C=O) groups is 1. The second-order valence-electron chi connectivity index (χ2n) is 3.43. The van der Waals surface area contributed by atoms with E-state index < -0.39 is 0 Å². The van der Waals surface area contributed by atoms with Crippen molar-refractivity contribution in [2.24, 2.45) is 0 Å². The lowest BCUT2D eigenvalue weighted by Crippen LogP contribution is -2.33. The number of carbonyl (C=O) groups excluding carboxylic acids is 1. The van der Waals surface area contributed by atoms with Crippen molar-refractivity contribution in [3.8, 4) is 0 Å². The van der Waals surface area contributed by atoms with Crippen LogP contribution in [0.25, 0.3) is 0 Å². The lowest BCUT2D eigenvalue weighted by molar-refractivity contribution is 0.243. The Labute approximate surface area is 90.9 Å². The average Bonchev–Trinajstić information content (AvgIpc) is 2.29. The standard InChI is InChI=1S/C12H18N2O/c1-3-10-4-6-11(7-5-10)8-9-14-12(15)13-2/h4-7H,3,8-9H2,1-2H3,(H2,13,14,15). The van der Waals surface area contributed by atoms with Gasteiger partial charge in [-0.05, 0) is 24.0 Å². The molecule has 0 radical (unpaired) electrons. The van der Waals surface area contributed by atoms with Crippen LogP contribution in [0.3, 0.4) is 0 Å². The summed E-state index contributed by atoms with van der Waals surface area (Å²) < 4.78 is 0. The van der Waals surface area contributed by atoms with Crippen LogP contribution in [0.4, 0.5) is 4.79 Å². The van der Waals surface area contributed by atoms with E-state index in [4.69, 9.17) is 0 Å². The molecule has 3 nitrogen and oxygen atoms in total. The number of hydrogen-bond acceptors (Lipinski definition) is 1. The van der Waals surface area contributed by atoms with Gasteiger partial charge in [0.2, 0.25) is 0 Å². The average molecular weight is 206 g/mol. The van der Waals surface area contributed by atoms with Crippen molar-refractivity contribution >= 4 is 6.03 Å². The largest absolute Gasteiger partial charge is 0.341 e. The number of amides is 2. The summed E-state index contributed by atoms with van der Waals surface area (Å²) in [5.41, 5.74) is 2.60. The van der Waals surface area contributed by atoms with E-state index in [1.165, 1.54) is 11.1 Å². The van der Waals surface area contributed by atoms with Gasteiger partial charge in [-0.1, -0.05) is 31.2 Å². The molecule has 0 aliphatic rings. The molecule has 15 heavy (non-hydrogen) atoms. The van der Waals surface area contributed by atoms with Crippen LogP contribution in [0.2, 0.25) is 0 Å². The molecule has 0 fully saturated rings. The molecule has 0 unspecified atom stereocenters. The summed E-state index contributed by atoms with van der Waals surface area (Å²) in [4.78, 5) is 10.9. The Morgan fingerprint density at radius 2 is 1.80 bits per heavy atom. The second-order valence-corrected chi connectivity index (χ2v) is 3.43. The van der Waals surface area contributed by atoms with Gasteiger partial charge in [-0.15, -0.1) is 0 Å². The Balaban J connectivity index is 2.34. The molecule has 1 rings (SSSR count). The number of hydrogen-bond donors (Lipinski definition) is 2. The zero-order valence-electron chi connectivity index (χ0n) is 9.34. The zero-order chi connectivity index (χ0) is 11.1. The van der Waals surface area contributed by atoms with Gasteiger partial charge in [0.1, 0.15) is 0 Å². The molecule has 2 amide bonds. The minimum atomic E-state index is -0.125. The van der Waals surface area contributed by atoms with Crippen molar-refractivity contribution in [1.82, 2.24) is 10.6 Å². The van der Waals surface area contributed by atoms with Gasteiger partial charge in [-0.2, -0.15) is 0 Å². The van der Waals surface area contributed by atoms with Crippen molar-refractivity contribution in [3.63, 3.8) is 0 Å². The van der Waals surface area contributed by atoms with E-state index in [-0.39, 0.29) is 6.03 Å². The molecular weight excluding hydrogens is 188 g/mol. The summed E-state index contributed by atoms with van der Waals surface area (Å²) in [6.45, 7) is 2.81. The van der Waals surface area contributed by atoms with Crippen LogP contribution in [0.5, 0.6) is 0 Å².